The number of anilines is 1. The molecule has 1 fully saturated rings. The van der Waals surface area contributed by atoms with Crippen LogP contribution in [0.15, 0.2) is 12.1 Å². The van der Waals surface area contributed by atoms with Crippen LogP contribution < -0.4 is 20.1 Å². The van der Waals surface area contributed by atoms with Crippen LogP contribution in [0.25, 0.3) is 0 Å². The van der Waals surface area contributed by atoms with E-state index < -0.39 is 0 Å². The predicted molar refractivity (Wildman–Crippen MR) is 71.4 cm³/mol. The Labute approximate surface area is 108 Å². The summed E-state index contributed by atoms with van der Waals surface area (Å²) in [4.78, 5) is 0. The van der Waals surface area contributed by atoms with Gasteiger partial charge in [0.1, 0.15) is 0 Å². The zero-order chi connectivity index (χ0) is 12.6. The Balaban J connectivity index is 1.69. The highest BCUT2D eigenvalue weighted by atomic mass is 16.7. The van der Waals surface area contributed by atoms with Crippen LogP contribution in [0.2, 0.25) is 0 Å². The smallest absolute Gasteiger partial charge is 0.231 e. The molecule has 4 nitrogen and oxygen atoms in total. The molecule has 4 heteroatoms. The zero-order valence-corrected chi connectivity index (χ0v) is 11.0. The van der Waals surface area contributed by atoms with Gasteiger partial charge < -0.3 is 20.1 Å². The second-order valence-electron chi connectivity index (χ2n) is 5.40. The summed E-state index contributed by atoms with van der Waals surface area (Å²) in [7, 11) is 2.02. The molecule has 3 rings (SSSR count). The Bertz CT molecular complexity index is 455. The van der Waals surface area contributed by atoms with E-state index in [0.29, 0.717) is 12.2 Å². The molecule has 2 N–H and O–H groups in total. The number of hydrogen-bond donors (Lipinski definition) is 2. The molecule has 0 saturated heterocycles. The number of ether oxygens (including phenoxy) is 2. The molecule has 0 atom stereocenters. The van der Waals surface area contributed by atoms with Crippen molar-refractivity contribution in [2.45, 2.75) is 19.8 Å². The minimum atomic E-state index is 0.335. The lowest BCUT2D eigenvalue weighted by molar-refractivity contribution is 0.174. The van der Waals surface area contributed by atoms with Crippen molar-refractivity contribution in [2.75, 3.05) is 32.2 Å². The van der Waals surface area contributed by atoms with Crippen LogP contribution in [0.4, 0.5) is 5.69 Å². The van der Waals surface area contributed by atoms with Crippen LogP contribution >= 0.6 is 0 Å². The van der Waals surface area contributed by atoms with Crippen molar-refractivity contribution in [1.82, 2.24) is 5.32 Å². The Morgan fingerprint density at radius 3 is 2.56 bits per heavy atom. The lowest BCUT2D eigenvalue weighted by Gasteiger charge is -2.17. The van der Waals surface area contributed by atoms with E-state index in [9.17, 15) is 0 Å². The second kappa shape index (κ2) is 4.35. The maximum atomic E-state index is 5.41. The van der Waals surface area contributed by atoms with E-state index in [1.165, 1.54) is 18.4 Å². The van der Waals surface area contributed by atoms with Gasteiger partial charge in [-0.1, -0.05) is 0 Å². The topological polar surface area (TPSA) is 42.5 Å². The van der Waals surface area contributed by atoms with Crippen LogP contribution in [-0.4, -0.2) is 26.9 Å². The maximum Gasteiger partial charge on any atom is 0.231 e. The lowest BCUT2D eigenvalue weighted by atomic mass is 10.1. The van der Waals surface area contributed by atoms with Gasteiger partial charge in [-0.3, -0.25) is 0 Å². The second-order valence-corrected chi connectivity index (χ2v) is 5.40. The molecular weight excluding hydrogens is 228 g/mol. The fourth-order valence-corrected chi connectivity index (χ4v) is 2.48. The highest BCUT2D eigenvalue weighted by Gasteiger charge is 2.41. The fraction of sp³-hybridized carbons (Fsp3) is 0.571. The summed E-state index contributed by atoms with van der Waals surface area (Å²) in [5.74, 6) is 1.70. The Morgan fingerprint density at radius 1 is 1.17 bits per heavy atom. The fourth-order valence-electron chi connectivity index (χ4n) is 2.48. The average Bonchev–Trinajstić information content (AvgIpc) is 2.97. The summed E-state index contributed by atoms with van der Waals surface area (Å²) in [5.41, 5.74) is 2.82. The zero-order valence-electron chi connectivity index (χ0n) is 11.0. The summed E-state index contributed by atoms with van der Waals surface area (Å²) >= 11 is 0. The predicted octanol–water partition coefficient (Wildman–Crippen LogP) is 2.14. The van der Waals surface area contributed by atoms with Gasteiger partial charge in [-0.15, -0.1) is 0 Å². The van der Waals surface area contributed by atoms with Gasteiger partial charge in [-0.25, -0.2) is 0 Å². The van der Waals surface area contributed by atoms with E-state index in [0.717, 1.165) is 30.3 Å². The Kier molecular flexibility index (Phi) is 2.82. The number of benzene rings is 1. The highest BCUT2D eigenvalue weighted by molar-refractivity contribution is 5.61. The van der Waals surface area contributed by atoms with Gasteiger partial charge in [0.05, 0.1) is 0 Å². The lowest BCUT2D eigenvalue weighted by Crippen LogP contribution is -2.27. The van der Waals surface area contributed by atoms with E-state index >= 15 is 0 Å². The number of fused-ring (bicyclic) bond motifs is 1. The highest BCUT2D eigenvalue weighted by Crippen LogP contribution is 2.45. The molecule has 2 aliphatic rings. The number of rotatable bonds is 5. The third-order valence-electron chi connectivity index (χ3n) is 3.88. The standard InChI is InChI=1S/C14H20N2O2/c1-10-5-12-13(18-9-17-12)6-11(10)16-8-14(3-4-14)7-15-2/h5-6,15-16H,3-4,7-9H2,1-2H3. The van der Waals surface area contributed by atoms with E-state index in [-0.39, 0.29) is 0 Å². The van der Waals surface area contributed by atoms with Crippen molar-refractivity contribution in [3.63, 3.8) is 0 Å². The van der Waals surface area contributed by atoms with Gasteiger partial charge in [0.25, 0.3) is 0 Å². The van der Waals surface area contributed by atoms with Crippen molar-refractivity contribution in [2.24, 2.45) is 5.41 Å². The molecule has 0 radical (unpaired) electrons. The summed E-state index contributed by atoms with van der Waals surface area (Å²) in [6, 6.07) is 4.09. The average molecular weight is 248 g/mol. The third-order valence-corrected chi connectivity index (χ3v) is 3.88. The van der Waals surface area contributed by atoms with E-state index in [4.69, 9.17) is 9.47 Å². The van der Waals surface area contributed by atoms with E-state index in [1.54, 1.807) is 0 Å². The molecule has 1 aromatic carbocycles. The molecule has 1 saturated carbocycles. The first-order valence-corrected chi connectivity index (χ1v) is 6.51. The van der Waals surface area contributed by atoms with Crippen molar-refractivity contribution in [3.05, 3.63) is 17.7 Å². The van der Waals surface area contributed by atoms with Crippen LogP contribution in [0, 0.1) is 12.3 Å². The van der Waals surface area contributed by atoms with Crippen LogP contribution in [0.3, 0.4) is 0 Å². The number of hydrogen-bond acceptors (Lipinski definition) is 4. The maximum absolute atomic E-state index is 5.41. The van der Waals surface area contributed by atoms with Gasteiger partial charge >= 0.3 is 0 Å². The van der Waals surface area contributed by atoms with Crippen molar-refractivity contribution >= 4 is 5.69 Å². The molecule has 0 bridgehead atoms. The van der Waals surface area contributed by atoms with Crippen molar-refractivity contribution in [1.29, 1.82) is 0 Å². The largest absolute Gasteiger partial charge is 0.454 e. The van der Waals surface area contributed by atoms with Crippen LogP contribution in [0.1, 0.15) is 18.4 Å². The van der Waals surface area contributed by atoms with Gasteiger partial charge in [0, 0.05) is 30.3 Å². The molecule has 1 aliphatic heterocycles. The third kappa shape index (κ3) is 2.12. The van der Waals surface area contributed by atoms with Gasteiger partial charge in [-0.2, -0.15) is 0 Å². The van der Waals surface area contributed by atoms with E-state index in [2.05, 4.69) is 17.6 Å². The van der Waals surface area contributed by atoms with Crippen molar-refractivity contribution in [3.8, 4) is 11.5 Å². The molecule has 0 spiro atoms. The number of nitrogens with one attached hydrogen (secondary N) is 2. The minimum Gasteiger partial charge on any atom is -0.454 e. The molecular formula is C14H20N2O2. The van der Waals surface area contributed by atoms with Gasteiger partial charge in [-0.05, 0) is 38.4 Å². The first-order valence-electron chi connectivity index (χ1n) is 6.51. The first-order chi connectivity index (χ1) is 8.72. The van der Waals surface area contributed by atoms with Crippen LogP contribution in [0.5, 0.6) is 11.5 Å². The number of aryl methyl sites for hydroxylation is 1. The molecule has 1 heterocycles. The molecule has 0 aromatic heterocycles. The van der Waals surface area contributed by atoms with Crippen molar-refractivity contribution < 1.29 is 9.47 Å². The first kappa shape index (κ1) is 11.7. The normalized spacial score (nSPS) is 18.8. The molecule has 1 aromatic rings. The minimum absolute atomic E-state index is 0.335. The molecule has 98 valence electrons. The van der Waals surface area contributed by atoms with Crippen LogP contribution in [-0.2, 0) is 0 Å². The SMILES string of the molecule is CNCC1(CNc2cc3c(cc2C)OCO3)CC1. The summed E-state index contributed by atoms with van der Waals surface area (Å²) < 4.78 is 10.8. The summed E-state index contributed by atoms with van der Waals surface area (Å²) in [5, 5.41) is 6.83. The molecule has 0 unspecified atom stereocenters. The quantitative estimate of drug-likeness (QED) is 0.837. The van der Waals surface area contributed by atoms with Gasteiger partial charge in [0.2, 0.25) is 6.79 Å². The van der Waals surface area contributed by atoms with Gasteiger partial charge in [0.15, 0.2) is 11.5 Å². The molecule has 18 heavy (non-hydrogen) atoms. The Hall–Kier alpha value is -1.42. The molecule has 1 aliphatic carbocycles. The van der Waals surface area contributed by atoms with E-state index in [1.807, 2.05) is 19.2 Å². The molecule has 0 amide bonds. The Morgan fingerprint density at radius 2 is 1.89 bits per heavy atom. The summed E-state index contributed by atoms with van der Waals surface area (Å²) in [6.45, 7) is 4.54. The monoisotopic (exact) mass is 248 g/mol. The summed E-state index contributed by atoms with van der Waals surface area (Å²) in [6.07, 6.45) is 2.62.